The highest BCUT2D eigenvalue weighted by Crippen LogP contribution is 2.11. The number of likely N-dealkylation sites (N-methyl/N-ethyl adjacent to an activating group) is 1. The van der Waals surface area contributed by atoms with Crippen molar-refractivity contribution in [2.24, 2.45) is 0 Å². The zero-order valence-electron chi connectivity index (χ0n) is 13.9. The van der Waals surface area contributed by atoms with Crippen molar-refractivity contribution >= 4 is 11.6 Å². The lowest BCUT2D eigenvalue weighted by atomic mass is 10.2. The van der Waals surface area contributed by atoms with E-state index in [1.807, 2.05) is 0 Å². The fourth-order valence-corrected chi connectivity index (χ4v) is 2.40. The SMILES string of the molecule is CCN(Cc1cccc(F)c1)C(=O)Cn1cc([N+](=O)[O-])cc(C#N)c1=O. The molecule has 0 radical (unpaired) electrons. The highest BCUT2D eigenvalue weighted by Gasteiger charge is 2.18. The topological polar surface area (TPSA) is 109 Å². The quantitative estimate of drug-likeness (QED) is 0.578. The molecule has 0 aliphatic carbocycles. The van der Waals surface area contributed by atoms with Crippen LogP contribution in [0.4, 0.5) is 10.1 Å². The first-order valence-electron chi connectivity index (χ1n) is 7.67. The Balaban J connectivity index is 2.27. The van der Waals surface area contributed by atoms with Crippen LogP contribution < -0.4 is 5.56 Å². The summed E-state index contributed by atoms with van der Waals surface area (Å²) in [5, 5.41) is 19.9. The van der Waals surface area contributed by atoms with Crippen LogP contribution in [0.15, 0.2) is 41.3 Å². The van der Waals surface area contributed by atoms with Gasteiger partial charge in [-0.15, -0.1) is 0 Å². The van der Waals surface area contributed by atoms with E-state index in [1.54, 1.807) is 19.1 Å². The lowest BCUT2D eigenvalue weighted by molar-refractivity contribution is -0.385. The normalized spacial score (nSPS) is 10.2. The number of nitriles is 1. The Labute approximate surface area is 147 Å². The number of aromatic nitrogens is 1. The van der Waals surface area contributed by atoms with Crippen molar-refractivity contribution in [2.75, 3.05) is 6.54 Å². The number of hydrogen-bond acceptors (Lipinski definition) is 5. The first-order valence-corrected chi connectivity index (χ1v) is 7.67. The van der Waals surface area contributed by atoms with Crippen molar-refractivity contribution < 1.29 is 14.1 Å². The average molecular weight is 358 g/mol. The van der Waals surface area contributed by atoms with Gasteiger partial charge in [0, 0.05) is 19.2 Å². The number of halogens is 1. The minimum absolute atomic E-state index is 0.127. The minimum atomic E-state index is -0.784. The molecule has 134 valence electrons. The van der Waals surface area contributed by atoms with Crippen LogP contribution in [0, 0.1) is 27.3 Å². The Hall–Kier alpha value is -3.54. The molecule has 2 aromatic rings. The van der Waals surface area contributed by atoms with E-state index in [9.17, 15) is 24.1 Å². The summed E-state index contributed by atoms with van der Waals surface area (Å²) in [4.78, 5) is 36.2. The van der Waals surface area contributed by atoms with Gasteiger partial charge in [-0.3, -0.25) is 24.3 Å². The summed E-state index contributed by atoms with van der Waals surface area (Å²) in [6.07, 6.45) is 0.928. The maximum Gasteiger partial charge on any atom is 0.287 e. The maximum atomic E-state index is 13.3. The summed E-state index contributed by atoms with van der Waals surface area (Å²) in [6, 6.07) is 8.22. The summed E-state index contributed by atoms with van der Waals surface area (Å²) in [5.74, 6) is -0.914. The van der Waals surface area contributed by atoms with Crippen LogP contribution >= 0.6 is 0 Å². The van der Waals surface area contributed by atoms with Crippen LogP contribution in [0.5, 0.6) is 0 Å². The highest BCUT2D eigenvalue weighted by molar-refractivity contribution is 5.76. The molecule has 9 heteroatoms. The second kappa shape index (κ2) is 8.02. The van der Waals surface area contributed by atoms with E-state index >= 15 is 0 Å². The molecule has 1 aromatic carbocycles. The van der Waals surface area contributed by atoms with Crippen molar-refractivity contribution in [3.8, 4) is 6.07 Å². The Bertz CT molecular complexity index is 949. The number of carbonyl (C=O) groups is 1. The monoisotopic (exact) mass is 358 g/mol. The van der Waals surface area contributed by atoms with Crippen molar-refractivity contribution in [1.82, 2.24) is 9.47 Å². The molecule has 0 N–H and O–H groups in total. The van der Waals surface area contributed by atoms with Crippen molar-refractivity contribution in [2.45, 2.75) is 20.0 Å². The summed E-state index contributed by atoms with van der Waals surface area (Å²) in [5.41, 5.74) is -1.08. The Morgan fingerprint density at radius 1 is 1.42 bits per heavy atom. The smallest absolute Gasteiger partial charge is 0.287 e. The Kier molecular flexibility index (Phi) is 5.80. The number of nitro groups is 1. The fraction of sp³-hybridized carbons (Fsp3) is 0.235. The van der Waals surface area contributed by atoms with Gasteiger partial charge in [0.05, 0.1) is 11.1 Å². The molecule has 1 aromatic heterocycles. The number of hydrogen-bond donors (Lipinski definition) is 0. The Morgan fingerprint density at radius 3 is 2.73 bits per heavy atom. The van der Waals surface area contributed by atoms with Crippen LogP contribution in [0.3, 0.4) is 0 Å². The number of carbonyl (C=O) groups excluding carboxylic acids is 1. The van der Waals surface area contributed by atoms with Gasteiger partial charge in [-0.2, -0.15) is 5.26 Å². The van der Waals surface area contributed by atoms with E-state index in [1.165, 1.54) is 23.1 Å². The molecule has 0 spiro atoms. The van der Waals surface area contributed by atoms with E-state index in [0.29, 0.717) is 12.1 Å². The van der Waals surface area contributed by atoms with Gasteiger partial charge in [-0.1, -0.05) is 12.1 Å². The molecule has 0 fully saturated rings. The molecule has 0 aliphatic rings. The molecular formula is C17H15FN4O4. The summed E-state index contributed by atoms with van der Waals surface area (Å²) < 4.78 is 14.1. The summed E-state index contributed by atoms with van der Waals surface area (Å²) in [6.45, 7) is 1.68. The van der Waals surface area contributed by atoms with Gasteiger partial charge in [0.2, 0.25) is 5.91 Å². The molecule has 0 unspecified atom stereocenters. The minimum Gasteiger partial charge on any atom is -0.337 e. The van der Waals surface area contributed by atoms with Gasteiger partial charge in [-0.25, -0.2) is 4.39 Å². The number of rotatable bonds is 6. The Morgan fingerprint density at radius 2 is 2.15 bits per heavy atom. The lowest BCUT2D eigenvalue weighted by Gasteiger charge is -2.21. The molecule has 0 saturated heterocycles. The zero-order chi connectivity index (χ0) is 19.3. The second-order valence-corrected chi connectivity index (χ2v) is 5.45. The molecule has 0 saturated carbocycles. The van der Waals surface area contributed by atoms with E-state index in [-0.39, 0.29) is 6.54 Å². The van der Waals surface area contributed by atoms with Gasteiger partial charge in [-0.05, 0) is 24.6 Å². The van der Waals surface area contributed by atoms with Gasteiger partial charge in [0.1, 0.15) is 24.0 Å². The summed E-state index contributed by atoms with van der Waals surface area (Å²) in [7, 11) is 0. The van der Waals surface area contributed by atoms with Gasteiger partial charge >= 0.3 is 0 Å². The van der Waals surface area contributed by atoms with E-state index in [4.69, 9.17) is 5.26 Å². The molecule has 2 rings (SSSR count). The summed E-state index contributed by atoms with van der Waals surface area (Å²) >= 11 is 0. The van der Waals surface area contributed by atoms with Crippen LogP contribution in [0.1, 0.15) is 18.1 Å². The lowest BCUT2D eigenvalue weighted by Crippen LogP contribution is -2.36. The third kappa shape index (κ3) is 4.30. The standard InChI is InChI=1S/C17H15FN4O4/c1-2-20(9-12-4-3-5-14(18)6-12)16(23)11-21-10-15(22(25)26)7-13(8-19)17(21)24/h3-7,10H,2,9,11H2,1H3. The van der Waals surface area contributed by atoms with Crippen LogP contribution in [0.25, 0.3) is 0 Å². The highest BCUT2D eigenvalue weighted by atomic mass is 19.1. The van der Waals surface area contributed by atoms with Crippen LogP contribution in [-0.2, 0) is 17.9 Å². The number of benzene rings is 1. The number of amides is 1. The second-order valence-electron chi connectivity index (χ2n) is 5.45. The third-order valence-electron chi connectivity index (χ3n) is 3.71. The fourth-order valence-electron chi connectivity index (χ4n) is 2.40. The molecule has 0 atom stereocenters. The largest absolute Gasteiger partial charge is 0.337 e. The van der Waals surface area contributed by atoms with Crippen LogP contribution in [-0.4, -0.2) is 26.8 Å². The molecular weight excluding hydrogens is 343 g/mol. The molecule has 26 heavy (non-hydrogen) atoms. The number of nitrogens with zero attached hydrogens (tertiary/aromatic N) is 4. The van der Waals surface area contributed by atoms with Crippen molar-refractivity contribution in [1.29, 1.82) is 5.26 Å². The van der Waals surface area contributed by atoms with Gasteiger partial charge in [0.15, 0.2) is 0 Å². The molecule has 0 bridgehead atoms. The maximum absolute atomic E-state index is 13.3. The molecule has 8 nitrogen and oxygen atoms in total. The zero-order valence-corrected chi connectivity index (χ0v) is 13.9. The first kappa shape index (κ1) is 18.8. The van der Waals surface area contributed by atoms with E-state index in [0.717, 1.165) is 16.8 Å². The predicted molar refractivity (Wildman–Crippen MR) is 89.6 cm³/mol. The molecule has 1 heterocycles. The van der Waals surface area contributed by atoms with Gasteiger partial charge < -0.3 is 4.90 Å². The average Bonchev–Trinajstić information content (AvgIpc) is 2.61. The predicted octanol–water partition coefficient (Wildman–Crippen LogP) is 1.82. The molecule has 0 aliphatic heterocycles. The number of pyridine rings is 1. The van der Waals surface area contributed by atoms with E-state index < -0.39 is 40.0 Å². The first-order chi connectivity index (χ1) is 12.3. The van der Waals surface area contributed by atoms with Crippen molar-refractivity contribution in [3.63, 3.8) is 0 Å². The van der Waals surface area contributed by atoms with Crippen LogP contribution in [0.2, 0.25) is 0 Å². The third-order valence-corrected chi connectivity index (χ3v) is 3.71. The van der Waals surface area contributed by atoms with Crippen molar-refractivity contribution in [3.05, 3.63) is 73.9 Å². The van der Waals surface area contributed by atoms with Gasteiger partial charge in [0.25, 0.3) is 11.2 Å². The molecule has 1 amide bonds. The van der Waals surface area contributed by atoms with E-state index in [2.05, 4.69) is 0 Å².